The molecule has 0 saturated carbocycles. The quantitative estimate of drug-likeness (QED) is 0.600. The van der Waals surface area contributed by atoms with Gasteiger partial charge in [-0.1, -0.05) is 12.1 Å². The lowest BCUT2D eigenvalue weighted by atomic mass is 10.0. The first-order valence-electron chi connectivity index (χ1n) is 6.00. The molecular formula is C13H20BrFN2O. The Morgan fingerprint density at radius 3 is 2.78 bits per heavy atom. The van der Waals surface area contributed by atoms with Gasteiger partial charge in [-0.05, 0) is 53.7 Å². The molecule has 0 bridgehead atoms. The van der Waals surface area contributed by atoms with Crippen molar-refractivity contribution in [1.29, 1.82) is 0 Å². The van der Waals surface area contributed by atoms with Crippen molar-refractivity contribution in [2.75, 3.05) is 7.11 Å². The minimum absolute atomic E-state index is 0.112. The highest BCUT2D eigenvalue weighted by molar-refractivity contribution is 9.10. The van der Waals surface area contributed by atoms with Crippen molar-refractivity contribution in [1.82, 2.24) is 5.43 Å². The number of benzene rings is 1. The number of hydrogen-bond donors (Lipinski definition) is 2. The number of hydrogen-bond acceptors (Lipinski definition) is 3. The van der Waals surface area contributed by atoms with Crippen LogP contribution in [0.3, 0.4) is 0 Å². The van der Waals surface area contributed by atoms with Gasteiger partial charge in [0.05, 0.1) is 10.6 Å². The van der Waals surface area contributed by atoms with E-state index in [-0.39, 0.29) is 18.0 Å². The number of nitrogens with one attached hydrogen (secondary N) is 1. The van der Waals surface area contributed by atoms with Gasteiger partial charge in [0.2, 0.25) is 0 Å². The molecule has 0 fully saturated rings. The van der Waals surface area contributed by atoms with Crippen LogP contribution in [-0.2, 0) is 11.2 Å². The maximum absolute atomic E-state index is 13.4. The Labute approximate surface area is 116 Å². The zero-order valence-electron chi connectivity index (χ0n) is 10.7. The zero-order chi connectivity index (χ0) is 13.5. The molecule has 2 atom stereocenters. The van der Waals surface area contributed by atoms with E-state index in [9.17, 15) is 4.39 Å². The van der Waals surface area contributed by atoms with Crippen LogP contribution < -0.4 is 11.3 Å². The molecule has 0 heterocycles. The lowest BCUT2D eigenvalue weighted by Gasteiger charge is -2.18. The third kappa shape index (κ3) is 4.65. The Kier molecular flexibility index (Phi) is 6.78. The van der Waals surface area contributed by atoms with Gasteiger partial charge >= 0.3 is 0 Å². The van der Waals surface area contributed by atoms with E-state index in [0.717, 1.165) is 18.4 Å². The molecule has 3 nitrogen and oxygen atoms in total. The molecular weight excluding hydrogens is 299 g/mol. The number of hydrazine groups is 1. The Balaban J connectivity index is 2.59. The number of ether oxygens (including phenoxy) is 1. The van der Waals surface area contributed by atoms with Gasteiger partial charge in [0, 0.05) is 13.2 Å². The summed E-state index contributed by atoms with van der Waals surface area (Å²) in [6, 6.07) is 5.16. The number of methoxy groups -OCH3 is 1. The Bertz CT molecular complexity index is 376. The summed E-state index contributed by atoms with van der Waals surface area (Å²) >= 11 is 3.26. The van der Waals surface area contributed by atoms with Gasteiger partial charge in [0.25, 0.3) is 0 Å². The summed E-state index contributed by atoms with van der Waals surface area (Å²) < 4.78 is 19.1. The lowest BCUT2D eigenvalue weighted by molar-refractivity contribution is 0.106. The van der Waals surface area contributed by atoms with E-state index in [1.165, 1.54) is 6.07 Å². The maximum Gasteiger partial charge on any atom is 0.137 e. The first kappa shape index (κ1) is 15.6. The van der Waals surface area contributed by atoms with Crippen molar-refractivity contribution >= 4 is 15.9 Å². The summed E-state index contributed by atoms with van der Waals surface area (Å²) in [5.74, 6) is 5.29. The molecule has 0 spiro atoms. The van der Waals surface area contributed by atoms with Crippen molar-refractivity contribution in [3.05, 3.63) is 34.1 Å². The fraction of sp³-hybridized carbons (Fsp3) is 0.538. The maximum atomic E-state index is 13.4. The zero-order valence-corrected chi connectivity index (χ0v) is 12.3. The number of rotatable bonds is 7. The highest BCUT2D eigenvalue weighted by Crippen LogP contribution is 2.22. The van der Waals surface area contributed by atoms with Gasteiger partial charge in [0.1, 0.15) is 5.82 Å². The standard InChI is InChI=1S/C13H20BrFN2O/c1-9(18-2)6-7-11(17-16)8-10-4-3-5-12(15)13(10)14/h3-5,9,11,17H,6-8,16H2,1-2H3. The molecule has 0 aliphatic carbocycles. The molecule has 0 aliphatic rings. The van der Waals surface area contributed by atoms with E-state index in [1.54, 1.807) is 13.2 Å². The number of nitrogens with two attached hydrogens (primary N) is 1. The summed E-state index contributed by atoms with van der Waals surface area (Å²) in [4.78, 5) is 0. The third-order valence-electron chi connectivity index (χ3n) is 3.06. The Morgan fingerprint density at radius 2 is 2.17 bits per heavy atom. The second-order valence-electron chi connectivity index (χ2n) is 4.40. The predicted octanol–water partition coefficient (Wildman–Crippen LogP) is 2.78. The van der Waals surface area contributed by atoms with Crippen LogP contribution in [-0.4, -0.2) is 19.3 Å². The van der Waals surface area contributed by atoms with Gasteiger partial charge in [0.15, 0.2) is 0 Å². The largest absolute Gasteiger partial charge is 0.382 e. The summed E-state index contributed by atoms with van der Waals surface area (Å²) in [5.41, 5.74) is 3.70. The minimum atomic E-state index is -0.242. The molecule has 102 valence electrons. The van der Waals surface area contributed by atoms with Crippen LogP contribution >= 0.6 is 15.9 Å². The van der Waals surface area contributed by atoms with Crippen molar-refractivity contribution < 1.29 is 9.13 Å². The third-order valence-corrected chi connectivity index (χ3v) is 3.95. The summed E-state index contributed by atoms with van der Waals surface area (Å²) in [5, 5.41) is 0. The summed E-state index contributed by atoms with van der Waals surface area (Å²) in [6.45, 7) is 2.02. The van der Waals surface area contributed by atoms with Crippen molar-refractivity contribution in [2.24, 2.45) is 5.84 Å². The van der Waals surface area contributed by atoms with Gasteiger partial charge in [-0.3, -0.25) is 11.3 Å². The van der Waals surface area contributed by atoms with Crippen molar-refractivity contribution in [3.8, 4) is 0 Å². The predicted molar refractivity (Wildman–Crippen MR) is 74.6 cm³/mol. The molecule has 0 amide bonds. The molecule has 0 saturated heterocycles. The van der Waals surface area contributed by atoms with E-state index < -0.39 is 0 Å². The van der Waals surface area contributed by atoms with Crippen molar-refractivity contribution in [3.63, 3.8) is 0 Å². The molecule has 2 unspecified atom stereocenters. The van der Waals surface area contributed by atoms with Gasteiger partial charge in [-0.25, -0.2) is 4.39 Å². The smallest absolute Gasteiger partial charge is 0.137 e. The first-order chi connectivity index (χ1) is 8.58. The molecule has 1 aromatic carbocycles. The fourth-order valence-corrected chi connectivity index (χ4v) is 2.20. The van der Waals surface area contributed by atoms with Crippen LogP contribution in [0.25, 0.3) is 0 Å². The average Bonchev–Trinajstić information content (AvgIpc) is 2.38. The summed E-state index contributed by atoms with van der Waals surface area (Å²) in [6.07, 6.45) is 2.69. The lowest BCUT2D eigenvalue weighted by Crippen LogP contribution is -2.37. The minimum Gasteiger partial charge on any atom is -0.382 e. The topological polar surface area (TPSA) is 47.3 Å². The van der Waals surface area contributed by atoms with E-state index in [0.29, 0.717) is 10.9 Å². The molecule has 5 heteroatoms. The average molecular weight is 319 g/mol. The van der Waals surface area contributed by atoms with Crippen LogP contribution in [0, 0.1) is 5.82 Å². The molecule has 0 aliphatic heterocycles. The molecule has 0 aromatic heterocycles. The van der Waals surface area contributed by atoms with Gasteiger partial charge in [-0.2, -0.15) is 0 Å². The highest BCUT2D eigenvalue weighted by atomic mass is 79.9. The Morgan fingerprint density at radius 1 is 1.44 bits per heavy atom. The highest BCUT2D eigenvalue weighted by Gasteiger charge is 2.13. The summed E-state index contributed by atoms with van der Waals surface area (Å²) in [7, 11) is 1.69. The normalized spacial score (nSPS) is 14.5. The second-order valence-corrected chi connectivity index (χ2v) is 5.20. The van der Waals surface area contributed by atoms with Crippen LogP contribution in [0.4, 0.5) is 4.39 Å². The SMILES string of the molecule is COC(C)CCC(Cc1cccc(F)c1Br)NN. The fourth-order valence-electron chi connectivity index (χ4n) is 1.77. The second kappa shape index (κ2) is 7.84. The van der Waals surface area contributed by atoms with E-state index in [2.05, 4.69) is 21.4 Å². The Hall–Kier alpha value is -0.490. The molecule has 0 radical (unpaired) electrons. The monoisotopic (exact) mass is 318 g/mol. The first-order valence-corrected chi connectivity index (χ1v) is 6.79. The number of halogens is 2. The molecule has 18 heavy (non-hydrogen) atoms. The van der Waals surface area contributed by atoms with E-state index >= 15 is 0 Å². The van der Waals surface area contributed by atoms with E-state index in [1.807, 2.05) is 13.0 Å². The van der Waals surface area contributed by atoms with Crippen LogP contribution in [0.1, 0.15) is 25.3 Å². The van der Waals surface area contributed by atoms with Crippen LogP contribution in [0.5, 0.6) is 0 Å². The molecule has 1 aromatic rings. The molecule has 3 N–H and O–H groups in total. The van der Waals surface area contributed by atoms with Crippen LogP contribution in [0.2, 0.25) is 0 Å². The van der Waals surface area contributed by atoms with E-state index in [4.69, 9.17) is 10.6 Å². The van der Waals surface area contributed by atoms with Gasteiger partial charge in [-0.15, -0.1) is 0 Å². The van der Waals surface area contributed by atoms with Gasteiger partial charge < -0.3 is 4.74 Å². The van der Waals surface area contributed by atoms with Crippen molar-refractivity contribution in [2.45, 2.75) is 38.3 Å². The molecule has 1 rings (SSSR count). The van der Waals surface area contributed by atoms with Crippen LogP contribution in [0.15, 0.2) is 22.7 Å².